The van der Waals surface area contributed by atoms with Crippen LogP contribution in [-0.4, -0.2) is 33.6 Å². The molecule has 0 saturated heterocycles. The molecular formula is C27H26FN5O3. The van der Waals surface area contributed by atoms with Gasteiger partial charge in [0.1, 0.15) is 28.9 Å². The van der Waals surface area contributed by atoms with E-state index in [9.17, 15) is 14.0 Å². The summed E-state index contributed by atoms with van der Waals surface area (Å²) in [5.74, 6) is 0.0689. The van der Waals surface area contributed by atoms with E-state index in [1.54, 1.807) is 6.20 Å². The summed E-state index contributed by atoms with van der Waals surface area (Å²) in [6.07, 6.45) is 4.30. The van der Waals surface area contributed by atoms with Gasteiger partial charge < -0.3 is 15.8 Å². The van der Waals surface area contributed by atoms with Gasteiger partial charge in [-0.25, -0.2) is 9.37 Å². The van der Waals surface area contributed by atoms with Crippen LogP contribution < -0.4 is 15.8 Å². The van der Waals surface area contributed by atoms with Gasteiger partial charge in [-0.15, -0.1) is 0 Å². The number of nitrogens with two attached hydrogens (primary N) is 1. The summed E-state index contributed by atoms with van der Waals surface area (Å²) < 4.78 is 20.8. The first kappa shape index (κ1) is 23.5. The van der Waals surface area contributed by atoms with E-state index in [4.69, 9.17) is 15.6 Å². The number of hydrogen-bond donors (Lipinski definition) is 2. The number of halogens is 1. The van der Waals surface area contributed by atoms with Gasteiger partial charge in [-0.1, -0.05) is 24.3 Å². The van der Waals surface area contributed by atoms with Crippen molar-refractivity contribution in [1.29, 1.82) is 0 Å². The molecule has 0 bridgehead atoms. The Kier molecular flexibility index (Phi) is 6.37. The van der Waals surface area contributed by atoms with Gasteiger partial charge >= 0.3 is 0 Å². The summed E-state index contributed by atoms with van der Waals surface area (Å²) in [7, 11) is 1.43. The highest BCUT2D eigenvalue weighted by Crippen LogP contribution is 2.36. The number of hydrogen-bond acceptors (Lipinski definition) is 6. The summed E-state index contributed by atoms with van der Waals surface area (Å²) in [5.41, 5.74) is 9.76. The van der Waals surface area contributed by atoms with Gasteiger partial charge in [0, 0.05) is 31.1 Å². The van der Waals surface area contributed by atoms with E-state index in [2.05, 4.69) is 10.3 Å². The van der Waals surface area contributed by atoms with Gasteiger partial charge in [0.05, 0.1) is 29.6 Å². The van der Waals surface area contributed by atoms with Crippen LogP contribution in [0.15, 0.2) is 54.7 Å². The number of aromatic nitrogens is 3. The smallest absolute Gasteiger partial charge is 0.255 e. The number of nitrogens with one attached hydrogen (secondary N) is 1. The molecule has 0 unspecified atom stereocenters. The Hall–Kier alpha value is -4.27. The van der Waals surface area contributed by atoms with E-state index in [-0.39, 0.29) is 18.2 Å². The van der Waals surface area contributed by atoms with Crippen LogP contribution in [0.1, 0.15) is 47.6 Å². The standard InChI is InChI=1S/C27H26FN5O3/c1-36-23-11-6-18(28)14-21(23)27(35)31-15-16-2-4-17(5-3-16)25-24-22(12-13-30-26(24)29)33(32-25)19-7-9-20(34)10-8-19/h2-6,11-14,19H,7-10,15H2,1H3,(H2,29,30)(H,31,35). The molecule has 3 N–H and O–H groups in total. The Balaban J connectivity index is 1.38. The van der Waals surface area contributed by atoms with Crippen LogP contribution in [0.4, 0.5) is 10.2 Å². The predicted molar refractivity (Wildman–Crippen MR) is 134 cm³/mol. The molecule has 4 aromatic rings. The second-order valence-electron chi connectivity index (χ2n) is 8.88. The summed E-state index contributed by atoms with van der Waals surface area (Å²) in [5, 5.41) is 8.49. The molecule has 0 radical (unpaired) electrons. The molecule has 1 aliphatic carbocycles. The molecule has 1 fully saturated rings. The molecule has 1 saturated carbocycles. The fraction of sp³-hybridized carbons (Fsp3) is 0.259. The number of amides is 1. The lowest BCUT2D eigenvalue weighted by Crippen LogP contribution is -2.23. The van der Waals surface area contributed by atoms with Crippen molar-refractivity contribution in [3.63, 3.8) is 0 Å². The first-order valence-electron chi connectivity index (χ1n) is 11.8. The first-order chi connectivity index (χ1) is 17.4. The molecule has 2 aromatic carbocycles. The van der Waals surface area contributed by atoms with Gasteiger partial charge in [0.2, 0.25) is 0 Å². The SMILES string of the molecule is COc1ccc(F)cc1C(=O)NCc1ccc(-c2nn(C3CCC(=O)CC3)c3ccnc(N)c23)cc1. The van der Waals surface area contributed by atoms with Crippen LogP contribution in [-0.2, 0) is 11.3 Å². The number of Topliss-reactive ketones (excluding diaryl/α,β-unsaturated/α-hetero) is 1. The average molecular weight is 488 g/mol. The number of benzene rings is 2. The first-order valence-corrected chi connectivity index (χ1v) is 11.8. The zero-order valence-corrected chi connectivity index (χ0v) is 19.8. The minimum atomic E-state index is -0.509. The fourth-order valence-corrected chi connectivity index (χ4v) is 4.68. The van der Waals surface area contributed by atoms with Crippen LogP contribution in [0.2, 0.25) is 0 Å². The number of carbonyl (C=O) groups is 2. The number of carbonyl (C=O) groups excluding carboxylic acids is 2. The summed E-state index contributed by atoms with van der Waals surface area (Å²) in [4.78, 5) is 28.6. The molecule has 8 nitrogen and oxygen atoms in total. The third kappa shape index (κ3) is 4.51. The molecule has 2 heterocycles. The molecule has 0 aliphatic heterocycles. The van der Waals surface area contributed by atoms with Gasteiger partial charge in [-0.3, -0.25) is 14.3 Å². The lowest BCUT2D eigenvalue weighted by molar-refractivity contribution is -0.120. The normalized spacial score (nSPS) is 14.2. The van der Waals surface area contributed by atoms with E-state index >= 15 is 0 Å². The minimum absolute atomic E-state index is 0.134. The Morgan fingerprint density at radius 2 is 1.92 bits per heavy atom. The Bertz CT molecular complexity index is 1440. The summed E-state index contributed by atoms with van der Waals surface area (Å²) in [6, 6.07) is 13.5. The van der Waals surface area contributed by atoms with Gasteiger partial charge in [0.25, 0.3) is 5.91 Å². The molecule has 2 aromatic heterocycles. The number of nitrogen functional groups attached to an aromatic ring is 1. The van der Waals surface area contributed by atoms with Crippen molar-refractivity contribution in [3.05, 3.63) is 71.7 Å². The lowest BCUT2D eigenvalue weighted by Gasteiger charge is -2.22. The molecule has 184 valence electrons. The maximum atomic E-state index is 13.6. The van der Waals surface area contributed by atoms with Crippen molar-refractivity contribution in [2.45, 2.75) is 38.3 Å². The van der Waals surface area contributed by atoms with Gasteiger partial charge in [-0.2, -0.15) is 5.10 Å². The molecule has 36 heavy (non-hydrogen) atoms. The van der Waals surface area contributed by atoms with Crippen molar-refractivity contribution in [2.24, 2.45) is 0 Å². The van der Waals surface area contributed by atoms with Gasteiger partial charge in [-0.05, 0) is 42.7 Å². The number of fused-ring (bicyclic) bond motifs is 1. The molecule has 1 amide bonds. The highest BCUT2D eigenvalue weighted by molar-refractivity contribution is 6.00. The Morgan fingerprint density at radius 3 is 2.64 bits per heavy atom. The second kappa shape index (κ2) is 9.77. The number of rotatable bonds is 6. The van der Waals surface area contributed by atoms with Crippen molar-refractivity contribution < 1.29 is 18.7 Å². The van der Waals surface area contributed by atoms with Crippen LogP contribution in [0.25, 0.3) is 22.2 Å². The molecule has 5 rings (SSSR count). The highest BCUT2D eigenvalue weighted by atomic mass is 19.1. The third-order valence-electron chi connectivity index (χ3n) is 6.59. The van der Waals surface area contributed by atoms with Crippen molar-refractivity contribution in [1.82, 2.24) is 20.1 Å². The van der Waals surface area contributed by atoms with Crippen LogP contribution in [0, 0.1) is 5.82 Å². The molecular weight excluding hydrogens is 461 g/mol. The lowest BCUT2D eigenvalue weighted by atomic mass is 9.94. The summed E-state index contributed by atoms with van der Waals surface area (Å²) >= 11 is 0. The average Bonchev–Trinajstić information content (AvgIpc) is 3.29. The number of pyridine rings is 1. The van der Waals surface area contributed by atoms with E-state index in [0.717, 1.165) is 46.6 Å². The van der Waals surface area contributed by atoms with E-state index < -0.39 is 11.7 Å². The molecule has 0 spiro atoms. The zero-order chi connectivity index (χ0) is 25.2. The number of ether oxygens (including phenoxy) is 1. The minimum Gasteiger partial charge on any atom is -0.496 e. The Labute approximate surface area is 207 Å². The van der Waals surface area contributed by atoms with Crippen LogP contribution >= 0.6 is 0 Å². The number of anilines is 1. The van der Waals surface area contributed by atoms with Crippen molar-refractivity contribution >= 4 is 28.4 Å². The second-order valence-corrected chi connectivity index (χ2v) is 8.88. The number of methoxy groups -OCH3 is 1. The molecule has 9 heteroatoms. The maximum absolute atomic E-state index is 13.6. The zero-order valence-electron chi connectivity index (χ0n) is 19.8. The highest BCUT2D eigenvalue weighted by Gasteiger charge is 2.25. The quantitative estimate of drug-likeness (QED) is 0.416. The van der Waals surface area contributed by atoms with E-state index in [0.29, 0.717) is 30.2 Å². The van der Waals surface area contributed by atoms with Crippen molar-refractivity contribution in [3.8, 4) is 17.0 Å². The monoisotopic (exact) mass is 487 g/mol. The fourth-order valence-electron chi connectivity index (χ4n) is 4.68. The van der Waals surface area contributed by atoms with Crippen LogP contribution in [0.3, 0.4) is 0 Å². The predicted octanol–water partition coefficient (Wildman–Crippen LogP) is 4.44. The molecule has 0 atom stereocenters. The van der Waals surface area contributed by atoms with Crippen LogP contribution in [0.5, 0.6) is 5.75 Å². The maximum Gasteiger partial charge on any atom is 0.255 e. The largest absolute Gasteiger partial charge is 0.496 e. The van der Waals surface area contributed by atoms with Gasteiger partial charge in [0.15, 0.2) is 0 Å². The Morgan fingerprint density at radius 1 is 1.17 bits per heavy atom. The topological polar surface area (TPSA) is 112 Å². The molecule has 1 aliphatic rings. The van der Waals surface area contributed by atoms with Crippen molar-refractivity contribution in [2.75, 3.05) is 12.8 Å². The number of ketones is 1. The number of nitrogens with zero attached hydrogens (tertiary/aromatic N) is 3. The third-order valence-corrected chi connectivity index (χ3v) is 6.59. The summed E-state index contributed by atoms with van der Waals surface area (Å²) in [6.45, 7) is 0.258. The van der Waals surface area contributed by atoms with E-state index in [1.165, 1.54) is 19.2 Å². The van der Waals surface area contributed by atoms with E-state index in [1.807, 2.05) is 35.0 Å².